The van der Waals surface area contributed by atoms with Crippen LogP contribution in [0.1, 0.15) is 30.1 Å². The van der Waals surface area contributed by atoms with Gasteiger partial charge < -0.3 is 5.32 Å². The molecule has 2 nitrogen and oxygen atoms in total. The van der Waals surface area contributed by atoms with Crippen molar-refractivity contribution in [2.45, 2.75) is 19.8 Å². The minimum absolute atomic E-state index is 0.0353. The van der Waals surface area contributed by atoms with E-state index >= 15 is 0 Å². The molecule has 0 saturated carbocycles. The molecule has 18 heavy (non-hydrogen) atoms. The third kappa shape index (κ3) is 4.58. The Hall–Kier alpha value is -0.610. The van der Waals surface area contributed by atoms with E-state index in [-0.39, 0.29) is 10.6 Å². The van der Waals surface area contributed by atoms with Crippen molar-refractivity contribution >= 4 is 33.4 Å². The van der Waals surface area contributed by atoms with Gasteiger partial charge in [0, 0.05) is 16.9 Å². The molecule has 0 aliphatic heterocycles. The van der Waals surface area contributed by atoms with E-state index in [1.54, 1.807) is 0 Å². The topological polar surface area (TPSA) is 29.1 Å². The molecule has 1 rings (SSSR count). The zero-order chi connectivity index (χ0) is 13.5. The molecule has 5 heteroatoms. The lowest BCUT2D eigenvalue weighted by Crippen LogP contribution is -2.30. The summed E-state index contributed by atoms with van der Waals surface area (Å²) in [6.07, 6.45) is 1.97. The maximum atomic E-state index is 13.5. The van der Waals surface area contributed by atoms with Crippen LogP contribution in [0.15, 0.2) is 18.2 Å². The molecule has 1 aromatic carbocycles. The Labute approximate surface area is 120 Å². The average Bonchev–Trinajstić information content (AvgIpc) is 2.34. The van der Waals surface area contributed by atoms with Gasteiger partial charge in [0.2, 0.25) is 0 Å². The van der Waals surface area contributed by atoms with Crippen molar-refractivity contribution in [3.05, 3.63) is 34.6 Å². The summed E-state index contributed by atoms with van der Waals surface area (Å²) >= 11 is 9.01. The van der Waals surface area contributed by atoms with Gasteiger partial charge in [0.1, 0.15) is 5.82 Å². The van der Waals surface area contributed by atoms with Gasteiger partial charge in [-0.05, 0) is 30.5 Å². The Balaban J connectivity index is 2.59. The van der Waals surface area contributed by atoms with E-state index < -0.39 is 11.7 Å². The van der Waals surface area contributed by atoms with Crippen LogP contribution in [0.2, 0.25) is 5.02 Å². The van der Waals surface area contributed by atoms with Gasteiger partial charge in [-0.2, -0.15) is 0 Å². The molecule has 0 radical (unpaired) electrons. The van der Waals surface area contributed by atoms with Gasteiger partial charge in [-0.3, -0.25) is 4.79 Å². The molecule has 100 valence electrons. The van der Waals surface area contributed by atoms with Crippen molar-refractivity contribution in [1.29, 1.82) is 0 Å². The molecular weight excluding hydrogens is 321 g/mol. The second kappa shape index (κ2) is 7.74. The first-order valence-corrected chi connectivity index (χ1v) is 7.37. The van der Waals surface area contributed by atoms with Crippen molar-refractivity contribution in [2.24, 2.45) is 5.92 Å². The quantitative estimate of drug-likeness (QED) is 0.781. The number of amides is 1. The van der Waals surface area contributed by atoms with E-state index in [0.717, 1.165) is 24.2 Å². The lowest BCUT2D eigenvalue weighted by molar-refractivity contribution is 0.0942. The molecule has 1 amide bonds. The third-order valence-electron chi connectivity index (χ3n) is 2.82. The summed E-state index contributed by atoms with van der Waals surface area (Å²) in [6.45, 7) is 2.63. The third-order valence-corrected chi connectivity index (χ3v) is 3.51. The lowest BCUT2D eigenvalue weighted by Gasteiger charge is -2.14. The van der Waals surface area contributed by atoms with Crippen molar-refractivity contribution in [1.82, 2.24) is 5.32 Å². The summed E-state index contributed by atoms with van der Waals surface area (Å²) in [5, 5.41) is 3.94. The number of alkyl halides is 1. The molecule has 0 heterocycles. The standard InChI is InChI=1S/C13H16BrClFNO/c1-2-9(5-6-14)8-17-13(18)11-4-3-10(15)7-12(11)16/h3-4,7,9H,2,5-6,8H2,1H3,(H,17,18). The van der Waals surface area contributed by atoms with E-state index in [4.69, 9.17) is 11.6 Å². The van der Waals surface area contributed by atoms with Gasteiger partial charge >= 0.3 is 0 Å². The zero-order valence-electron chi connectivity index (χ0n) is 10.2. The van der Waals surface area contributed by atoms with Gasteiger partial charge in [-0.1, -0.05) is 40.9 Å². The fourth-order valence-corrected chi connectivity index (χ4v) is 2.42. The van der Waals surface area contributed by atoms with Gasteiger partial charge in [-0.25, -0.2) is 4.39 Å². The highest BCUT2D eigenvalue weighted by Gasteiger charge is 2.13. The predicted octanol–water partition coefficient (Wildman–Crippen LogP) is 4.02. The fourth-order valence-electron chi connectivity index (χ4n) is 1.61. The molecule has 0 fully saturated rings. The second-order valence-electron chi connectivity index (χ2n) is 4.09. The molecule has 0 bridgehead atoms. The second-order valence-corrected chi connectivity index (χ2v) is 5.32. The molecule has 0 saturated heterocycles. The first-order valence-electron chi connectivity index (χ1n) is 5.87. The summed E-state index contributed by atoms with van der Waals surface area (Å²) in [6, 6.07) is 4.06. The maximum absolute atomic E-state index is 13.5. The number of benzene rings is 1. The Morgan fingerprint density at radius 1 is 1.56 bits per heavy atom. The van der Waals surface area contributed by atoms with Crippen LogP contribution in [-0.4, -0.2) is 17.8 Å². The number of carbonyl (C=O) groups excluding carboxylic acids is 1. The van der Waals surface area contributed by atoms with Crippen LogP contribution in [0.25, 0.3) is 0 Å². The van der Waals surface area contributed by atoms with Crippen molar-refractivity contribution < 1.29 is 9.18 Å². The van der Waals surface area contributed by atoms with Crippen LogP contribution in [0, 0.1) is 11.7 Å². The molecule has 0 aromatic heterocycles. The number of hydrogen-bond acceptors (Lipinski definition) is 1. The number of rotatable bonds is 6. The van der Waals surface area contributed by atoms with Crippen LogP contribution < -0.4 is 5.32 Å². The van der Waals surface area contributed by atoms with Crippen LogP contribution in [0.4, 0.5) is 4.39 Å². The largest absolute Gasteiger partial charge is 0.352 e. The molecular formula is C13H16BrClFNO. The Morgan fingerprint density at radius 3 is 2.83 bits per heavy atom. The number of carbonyl (C=O) groups is 1. The van der Waals surface area contributed by atoms with Gasteiger partial charge in [0.25, 0.3) is 5.91 Å². The monoisotopic (exact) mass is 335 g/mol. The van der Waals surface area contributed by atoms with Crippen molar-refractivity contribution in [3.63, 3.8) is 0 Å². The van der Waals surface area contributed by atoms with Crippen LogP contribution >= 0.6 is 27.5 Å². The number of nitrogens with one attached hydrogen (secondary N) is 1. The van der Waals surface area contributed by atoms with E-state index in [0.29, 0.717) is 12.5 Å². The fraction of sp³-hybridized carbons (Fsp3) is 0.462. The Morgan fingerprint density at radius 2 is 2.28 bits per heavy atom. The van der Waals surface area contributed by atoms with E-state index in [1.165, 1.54) is 12.1 Å². The number of halogens is 3. The predicted molar refractivity (Wildman–Crippen MR) is 75.9 cm³/mol. The molecule has 1 atom stereocenters. The highest BCUT2D eigenvalue weighted by atomic mass is 79.9. The molecule has 1 unspecified atom stereocenters. The highest BCUT2D eigenvalue weighted by molar-refractivity contribution is 9.09. The summed E-state index contributed by atoms with van der Waals surface area (Å²) in [5.41, 5.74) is 0.0353. The smallest absolute Gasteiger partial charge is 0.254 e. The molecule has 0 spiro atoms. The van der Waals surface area contributed by atoms with Gasteiger partial charge in [0.15, 0.2) is 0 Å². The molecule has 1 N–H and O–H groups in total. The first-order chi connectivity index (χ1) is 8.58. The number of hydrogen-bond donors (Lipinski definition) is 1. The van der Waals surface area contributed by atoms with Gasteiger partial charge in [-0.15, -0.1) is 0 Å². The summed E-state index contributed by atoms with van der Waals surface area (Å²) in [5.74, 6) is -0.575. The Bertz CT molecular complexity index is 414. The maximum Gasteiger partial charge on any atom is 0.254 e. The van der Waals surface area contributed by atoms with Crippen LogP contribution in [-0.2, 0) is 0 Å². The van der Waals surface area contributed by atoms with Gasteiger partial charge in [0.05, 0.1) is 5.56 Å². The lowest BCUT2D eigenvalue weighted by atomic mass is 10.0. The normalized spacial score (nSPS) is 12.2. The molecule has 0 aliphatic rings. The van der Waals surface area contributed by atoms with E-state index in [1.807, 2.05) is 0 Å². The first kappa shape index (κ1) is 15.4. The molecule has 0 aliphatic carbocycles. The summed E-state index contributed by atoms with van der Waals surface area (Å²) in [7, 11) is 0. The van der Waals surface area contributed by atoms with E-state index in [2.05, 4.69) is 28.2 Å². The summed E-state index contributed by atoms with van der Waals surface area (Å²) in [4.78, 5) is 11.8. The van der Waals surface area contributed by atoms with Crippen molar-refractivity contribution in [2.75, 3.05) is 11.9 Å². The van der Waals surface area contributed by atoms with Crippen molar-refractivity contribution in [3.8, 4) is 0 Å². The average molecular weight is 337 g/mol. The SMILES string of the molecule is CCC(CCBr)CNC(=O)c1ccc(Cl)cc1F. The Kier molecular flexibility index (Phi) is 6.65. The van der Waals surface area contributed by atoms with Crippen LogP contribution in [0.5, 0.6) is 0 Å². The minimum atomic E-state index is -0.589. The minimum Gasteiger partial charge on any atom is -0.352 e. The van der Waals surface area contributed by atoms with Crippen LogP contribution in [0.3, 0.4) is 0 Å². The van der Waals surface area contributed by atoms with E-state index in [9.17, 15) is 9.18 Å². The summed E-state index contributed by atoms with van der Waals surface area (Å²) < 4.78 is 13.5. The highest BCUT2D eigenvalue weighted by Crippen LogP contribution is 2.15. The molecule has 1 aromatic rings. The zero-order valence-corrected chi connectivity index (χ0v) is 12.5.